The number of hydrogen-bond donors (Lipinski definition) is 1. The molecule has 1 N–H and O–H groups in total. The Labute approximate surface area is 154 Å². The molecule has 0 aliphatic heterocycles. The molecule has 0 radical (unpaired) electrons. The molecule has 4 nitrogen and oxygen atoms in total. The van der Waals surface area contributed by atoms with E-state index in [9.17, 15) is 12.8 Å². The monoisotopic (exact) mass is 377 g/mol. The Morgan fingerprint density at radius 1 is 1.12 bits per heavy atom. The van der Waals surface area contributed by atoms with Gasteiger partial charge in [-0.2, -0.15) is 0 Å². The first kappa shape index (κ1) is 18.9. The Morgan fingerprint density at radius 2 is 1.85 bits per heavy atom. The van der Waals surface area contributed by atoms with E-state index < -0.39 is 15.8 Å². The van der Waals surface area contributed by atoms with Crippen molar-refractivity contribution < 1.29 is 17.5 Å². The van der Waals surface area contributed by atoms with Crippen LogP contribution in [0.2, 0.25) is 0 Å². The highest BCUT2D eigenvalue weighted by Crippen LogP contribution is 2.28. The molecule has 2 aromatic carbocycles. The lowest BCUT2D eigenvalue weighted by molar-refractivity contribution is 0.385. The Kier molecular flexibility index (Phi) is 5.63. The minimum atomic E-state index is -3.83. The predicted molar refractivity (Wildman–Crippen MR) is 99.4 cm³/mol. The first-order valence-corrected chi connectivity index (χ1v) is 10.4. The second kappa shape index (κ2) is 7.76. The number of aryl methyl sites for hydroxylation is 2. The molecule has 0 saturated carbocycles. The molecule has 1 aliphatic carbocycles. The van der Waals surface area contributed by atoms with Crippen molar-refractivity contribution >= 4 is 10.0 Å². The third kappa shape index (κ3) is 3.91. The minimum absolute atomic E-state index is 0.0191. The maximum atomic E-state index is 13.9. The average Bonchev–Trinajstić information content (AvgIpc) is 2.65. The van der Waals surface area contributed by atoms with Gasteiger partial charge in [0.05, 0.1) is 12.0 Å². The van der Waals surface area contributed by atoms with Crippen LogP contribution < -0.4 is 9.46 Å². The zero-order chi connectivity index (χ0) is 18.7. The largest absolute Gasteiger partial charge is 0.494 e. The van der Waals surface area contributed by atoms with Crippen molar-refractivity contribution in [3.8, 4) is 5.75 Å². The third-order valence-electron chi connectivity index (χ3n) is 4.91. The fraction of sp³-hybridized carbons (Fsp3) is 0.400. The van der Waals surface area contributed by atoms with E-state index in [1.165, 1.54) is 43.2 Å². The van der Waals surface area contributed by atoms with E-state index in [4.69, 9.17) is 4.74 Å². The number of ether oxygens (including phenoxy) is 1. The number of nitrogens with one attached hydrogen (secondary N) is 1. The van der Waals surface area contributed by atoms with E-state index >= 15 is 0 Å². The second-order valence-electron chi connectivity index (χ2n) is 6.61. The van der Waals surface area contributed by atoms with E-state index in [1.807, 2.05) is 13.0 Å². The quantitative estimate of drug-likeness (QED) is 0.823. The van der Waals surface area contributed by atoms with Gasteiger partial charge in [-0.25, -0.2) is 17.5 Å². The summed E-state index contributed by atoms with van der Waals surface area (Å²) in [5.41, 5.74) is 3.61. The van der Waals surface area contributed by atoms with Crippen LogP contribution in [-0.2, 0) is 22.9 Å². The number of methoxy groups -OCH3 is 1. The van der Waals surface area contributed by atoms with Crippen molar-refractivity contribution in [2.75, 3.05) is 7.11 Å². The fourth-order valence-electron chi connectivity index (χ4n) is 3.43. The maximum Gasteiger partial charge on any atom is 0.241 e. The summed E-state index contributed by atoms with van der Waals surface area (Å²) in [4.78, 5) is -0.104. The van der Waals surface area contributed by atoms with Gasteiger partial charge in [-0.15, -0.1) is 0 Å². The molecule has 0 spiro atoms. The molecule has 1 aliphatic rings. The summed E-state index contributed by atoms with van der Waals surface area (Å²) >= 11 is 0. The van der Waals surface area contributed by atoms with Gasteiger partial charge in [-0.05, 0) is 67.0 Å². The molecule has 0 bridgehead atoms. The number of hydrogen-bond acceptors (Lipinski definition) is 3. The number of halogens is 1. The molecule has 1 atom stereocenters. The van der Waals surface area contributed by atoms with Crippen molar-refractivity contribution in [3.05, 3.63) is 58.9 Å². The molecule has 140 valence electrons. The summed E-state index contributed by atoms with van der Waals surface area (Å²) in [6.07, 6.45) is 5.11. The second-order valence-corrected chi connectivity index (χ2v) is 8.33. The lowest BCUT2D eigenvalue weighted by Crippen LogP contribution is -2.28. The highest BCUT2D eigenvalue weighted by Gasteiger charge is 2.22. The van der Waals surface area contributed by atoms with Gasteiger partial charge in [0.25, 0.3) is 0 Å². The molecule has 3 rings (SSSR count). The van der Waals surface area contributed by atoms with Crippen LogP contribution >= 0.6 is 0 Å². The maximum absolute atomic E-state index is 13.9. The van der Waals surface area contributed by atoms with Gasteiger partial charge in [0.15, 0.2) is 11.6 Å². The van der Waals surface area contributed by atoms with Crippen LogP contribution in [0, 0.1) is 5.82 Å². The Bertz CT molecular complexity index is 896. The molecular formula is C20H24FNO3S. The summed E-state index contributed by atoms with van der Waals surface area (Å²) in [5.74, 6) is -0.678. The SMILES string of the molecule is CC[C@@H](NS(=O)(=O)c1ccc(OC)c(F)c1)c1ccc2c(c1)CCCC2. The van der Waals surface area contributed by atoms with Crippen molar-refractivity contribution in [1.82, 2.24) is 4.72 Å². The van der Waals surface area contributed by atoms with Crippen molar-refractivity contribution in [2.24, 2.45) is 0 Å². The first-order valence-electron chi connectivity index (χ1n) is 8.92. The smallest absolute Gasteiger partial charge is 0.241 e. The third-order valence-corrected chi connectivity index (χ3v) is 6.38. The highest BCUT2D eigenvalue weighted by molar-refractivity contribution is 7.89. The van der Waals surface area contributed by atoms with E-state index in [2.05, 4.69) is 16.9 Å². The zero-order valence-corrected chi connectivity index (χ0v) is 15.9. The average molecular weight is 377 g/mol. The number of rotatable bonds is 6. The molecule has 2 aromatic rings. The van der Waals surface area contributed by atoms with Crippen LogP contribution in [-0.4, -0.2) is 15.5 Å². The van der Waals surface area contributed by atoms with Crippen LogP contribution in [0.4, 0.5) is 4.39 Å². The van der Waals surface area contributed by atoms with E-state index in [0.29, 0.717) is 6.42 Å². The van der Waals surface area contributed by atoms with E-state index in [-0.39, 0.29) is 16.7 Å². The van der Waals surface area contributed by atoms with Crippen LogP contribution in [0.5, 0.6) is 5.75 Å². The first-order chi connectivity index (χ1) is 12.4. The van der Waals surface area contributed by atoms with Gasteiger partial charge in [-0.3, -0.25) is 0 Å². The zero-order valence-electron chi connectivity index (χ0n) is 15.1. The summed E-state index contributed by atoms with van der Waals surface area (Å²) in [5, 5.41) is 0. The van der Waals surface area contributed by atoms with Crippen molar-refractivity contribution in [2.45, 2.75) is 50.0 Å². The van der Waals surface area contributed by atoms with Gasteiger partial charge < -0.3 is 4.74 Å². The minimum Gasteiger partial charge on any atom is -0.494 e. The summed E-state index contributed by atoms with van der Waals surface area (Å²) in [7, 11) is -2.49. The van der Waals surface area contributed by atoms with Gasteiger partial charge >= 0.3 is 0 Å². The van der Waals surface area contributed by atoms with Gasteiger partial charge in [-0.1, -0.05) is 25.1 Å². The van der Waals surface area contributed by atoms with Gasteiger partial charge in [0.1, 0.15) is 0 Å². The summed E-state index contributed by atoms with van der Waals surface area (Å²) < 4.78 is 46.8. The van der Waals surface area contributed by atoms with E-state index in [1.54, 1.807) is 0 Å². The number of sulfonamides is 1. The molecule has 26 heavy (non-hydrogen) atoms. The topological polar surface area (TPSA) is 55.4 Å². The molecule has 0 saturated heterocycles. The summed E-state index contributed by atoms with van der Waals surface area (Å²) in [6.45, 7) is 1.93. The Hall–Kier alpha value is -1.92. The normalized spacial score (nSPS) is 15.3. The Balaban J connectivity index is 1.86. The molecule has 0 unspecified atom stereocenters. The fourth-order valence-corrected chi connectivity index (χ4v) is 4.75. The van der Waals surface area contributed by atoms with Gasteiger partial charge in [0.2, 0.25) is 10.0 Å². The van der Waals surface area contributed by atoms with Crippen molar-refractivity contribution in [1.29, 1.82) is 0 Å². The van der Waals surface area contributed by atoms with Crippen LogP contribution in [0.3, 0.4) is 0 Å². The number of fused-ring (bicyclic) bond motifs is 1. The molecular weight excluding hydrogens is 353 g/mol. The van der Waals surface area contributed by atoms with Gasteiger partial charge in [0, 0.05) is 6.04 Å². The number of benzene rings is 2. The van der Waals surface area contributed by atoms with Crippen LogP contribution in [0.25, 0.3) is 0 Å². The molecule has 0 aromatic heterocycles. The van der Waals surface area contributed by atoms with Crippen LogP contribution in [0.15, 0.2) is 41.3 Å². The molecule has 0 amide bonds. The van der Waals surface area contributed by atoms with Crippen molar-refractivity contribution in [3.63, 3.8) is 0 Å². The predicted octanol–water partition coefficient (Wildman–Crippen LogP) is 4.14. The van der Waals surface area contributed by atoms with E-state index in [0.717, 1.165) is 24.5 Å². The standard InChI is InChI=1S/C20H24FNO3S/c1-3-19(16-9-8-14-6-4-5-7-15(14)12-16)22-26(23,24)17-10-11-20(25-2)18(21)13-17/h8-13,19,22H,3-7H2,1-2H3/t19-/m1/s1. The van der Waals surface area contributed by atoms with Crippen LogP contribution in [0.1, 0.15) is 48.9 Å². The molecule has 0 fully saturated rings. The lowest BCUT2D eigenvalue weighted by Gasteiger charge is -2.21. The molecule has 6 heteroatoms. The molecule has 0 heterocycles. The Morgan fingerprint density at radius 3 is 2.50 bits per heavy atom. The summed E-state index contributed by atoms with van der Waals surface area (Å²) in [6, 6.07) is 9.52. The highest BCUT2D eigenvalue weighted by atomic mass is 32.2. The lowest BCUT2D eigenvalue weighted by atomic mass is 9.89.